The highest BCUT2D eigenvalue weighted by molar-refractivity contribution is 9.10. The fraction of sp³-hybridized carbons (Fsp3) is 0.486. The number of anilines is 1. The molecule has 244 valence electrons. The lowest BCUT2D eigenvalue weighted by Crippen LogP contribution is -2.43. The summed E-state index contributed by atoms with van der Waals surface area (Å²) >= 11 is 3.44. The molecule has 11 heteroatoms. The smallest absolute Gasteiger partial charge is 0.282 e. The van der Waals surface area contributed by atoms with Gasteiger partial charge in [0.05, 0.1) is 17.8 Å². The number of nitrogens with zero attached hydrogens (tertiary/aromatic N) is 4. The summed E-state index contributed by atoms with van der Waals surface area (Å²) in [7, 11) is 3.80. The van der Waals surface area contributed by atoms with Crippen LogP contribution in [0.15, 0.2) is 57.9 Å². The van der Waals surface area contributed by atoms with Crippen LogP contribution < -0.4 is 20.9 Å². The molecule has 46 heavy (non-hydrogen) atoms. The SMILES string of the molecule is Cc1ccc(OC2CCN(Cc3ccc(C4CC(Nc5cnn(C)c(=O)c5Br)CN(C)C4)cc3)CC2)cc1C1CCC(=O)NC1=O. The minimum absolute atomic E-state index is 0.135. The van der Waals surface area contributed by atoms with E-state index in [0.717, 1.165) is 74.6 Å². The molecule has 0 bridgehead atoms. The van der Waals surface area contributed by atoms with Gasteiger partial charge in [0.25, 0.3) is 5.56 Å². The molecule has 3 aromatic rings. The maximum Gasteiger partial charge on any atom is 0.282 e. The van der Waals surface area contributed by atoms with Crippen molar-refractivity contribution in [2.24, 2.45) is 7.05 Å². The van der Waals surface area contributed by atoms with Crippen LogP contribution in [0.4, 0.5) is 5.69 Å². The van der Waals surface area contributed by atoms with Gasteiger partial charge < -0.3 is 15.0 Å². The second kappa shape index (κ2) is 14.1. The number of hydrogen-bond donors (Lipinski definition) is 2. The Bertz CT molecular complexity index is 1630. The Hall–Kier alpha value is -3.54. The van der Waals surface area contributed by atoms with Gasteiger partial charge in [0.2, 0.25) is 11.8 Å². The number of nitrogens with one attached hydrogen (secondary N) is 2. The number of carbonyl (C=O) groups is 2. The summed E-state index contributed by atoms with van der Waals surface area (Å²) in [4.78, 5) is 41.2. The lowest BCUT2D eigenvalue weighted by molar-refractivity contribution is -0.134. The molecule has 3 atom stereocenters. The highest BCUT2D eigenvalue weighted by atomic mass is 79.9. The molecule has 1 aromatic heterocycles. The molecule has 3 unspecified atom stereocenters. The van der Waals surface area contributed by atoms with Crippen molar-refractivity contribution in [3.8, 4) is 5.75 Å². The molecular formula is C35H43BrN6O4. The topological polar surface area (TPSA) is 109 Å². The molecule has 0 aliphatic carbocycles. The Morgan fingerprint density at radius 3 is 2.52 bits per heavy atom. The molecule has 2 N–H and O–H groups in total. The molecule has 10 nitrogen and oxygen atoms in total. The Kier molecular flexibility index (Phi) is 9.91. The predicted molar refractivity (Wildman–Crippen MR) is 181 cm³/mol. The molecule has 4 heterocycles. The van der Waals surface area contributed by atoms with Crippen molar-refractivity contribution in [3.63, 3.8) is 0 Å². The quantitative estimate of drug-likeness (QED) is 0.337. The van der Waals surface area contributed by atoms with E-state index in [2.05, 4.69) is 72.8 Å². The number of aromatic nitrogens is 2. The number of likely N-dealkylation sites (tertiary alicyclic amines) is 2. The number of ether oxygens (including phenoxy) is 1. The number of likely N-dealkylation sites (N-methyl/N-ethyl adjacent to an activating group) is 1. The summed E-state index contributed by atoms with van der Waals surface area (Å²) in [6.07, 6.45) is 5.63. The lowest BCUT2D eigenvalue weighted by Gasteiger charge is -2.37. The lowest BCUT2D eigenvalue weighted by atomic mass is 9.87. The minimum atomic E-state index is -0.308. The van der Waals surface area contributed by atoms with Crippen LogP contribution in [0.25, 0.3) is 0 Å². The zero-order valence-electron chi connectivity index (χ0n) is 26.8. The third-order valence-electron chi connectivity index (χ3n) is 9.63. The van der Waals surface area contributed by atoms with Crippen LogP contribution in [0.3, 0.4) is 0 Å². The van der Waals surface area contributed by atoms with Gasteiger partial charge in [-0.15, -0.1) is 0 Å². The summed E-state index contributed by atoms with van der Waals surface area (Å²) in [5.41, 5.74) is 5.23. The van der Waals surface area contributed by atoms with E-state index < -0.39 is 0 Å². The first kappa shape index (κ1) is 32.4. The summed E-state index contributed by atoms with van der Waals surface area (Å²) in [5, 5.41) is 10.2. The Labute approximate surface area is 278 Å². The van der Waals surface area contributed by atoms with E-state index in [1.54, 1.807) is 13.2 Å². The molecule has 0 saturated carbocycles. The van der Waals surface area contributed by atoms with E-state index >= 15 is 0 Å². The van der Waals surface area contributed by atoms with Crippen LogP contribution in [0, 0.1) is 6.92 Å². The molecule has 2 aromatic carbocycles. The monoisotopic (exact) mass is 690 g/mol. The first-order valence-corrected chi connectivity index (χ1v) is 17.0. The number of carbonyl (C=O) groups excluding carboxylic acids is 2. The number of benzene rings is 2. The van der Waals surface area contributed by atoms with E-state index in [4.69, 9.17) is 4.74 Å². The highest BCUT2D eigenvalue weighted by Gasteiger charge is 2.30. The number of halogens is 1. The molecule has 2 amide bonds. The molecule has 0 radical (unpaired) electrons. The van der Waals surface area contributed by atoms with Crippen molar-refractivity contribution >= 4 is 33.4 Å². The van der Waals surface area contributed by atoms with Gasteiger partial charge in [0, 0.05) is 52.2 Å². The average molecular weight is 692 g/mol. The van der Waals surface area contributed by atoms with Crippen molar-refractivity contribution in [1.29, 1.82) is 0 Å². The first-order chi connectivity index (χ1) is 22.1. The second-order valence-corrected chi connectivity index (χ2v) is 13.9. The first-order valence-electron chi connectivity index (χ1n) is 16.2. The van der Waals surface area contributed by atoms with E-state index in [1.807, 2.05) is 25.1 Å². The van der Waals surface area contributed by atoms with Crippen LogP contribution in [0.1, 0.15) is 66.2 Å². The molecule has 3 aliphatic rings. The largest absolute Gasteiger partial charge is 0.490 e. The molecule has 3 fully saturated rings. The minimum Gasteiger partial charge on any atom is -0.490 e. The zero-order valence-corrected chi connectivity index (χ0v) is 28.4. The fourth-order valence-electron chi connectivity index (χ4n) is 7.09. The summed E-state index contributed by atoms with van der Waals surface area (Å²) < 4.78 is 8.24. The summed E-state index contributed by atoms with van der Waals surface area (Å²) in [6.45, 7) is 6.75. The van der Waals surface area contributed by atoms with Crippen LogP contribution in [-0.4, -0.2) is 76.8 Å². The standard InChI is InChI=1S/C35H43BrN6O4/c1-22-4-9-28(17-30(22)29-10-11-32(43)39-34(29)44)46-27-12-14-42(15-13-27)19-23-5-7-24(8-6-23)25-16-26(21-40(2)20-25)38-31-18-37-41(3)35(45)33(31)36/h4-9,17-18,25-27,29,38H,10-16,19-21H2,1-3H3,(H,39,43,44). The normalized spacial score (nSPS) is 23.3. The highest BCUT2D eigenvalue weighted by Crippen LogP contribution is 2.32. The molecule has 3 saturated heterocycles. The maximum atomic E-state index is 12.5. The van der Waals surface area contributed by atoms with Crippen LogP contribution in [0.2, 0.25) is 0 Å². The number of piperidine rings is 3. The summed E-state index contributed by atoms with van der Waals surface area (Å²) in [5.74, 6) is 0.474. The van der Waals surface area contributed by atoms with Crippen molar-refractivity contribution in [2.45, 2.75) is 69.6 Å². The molecule has 6 rings (SSSR count). The predicted octanol–water partition coefficient (Wildman–Crippen LogP) is 4.31. The van der Waals surface area contributed by atoms with Gasteiger partial charge >= 0.3 is 0 Å². The number of rotatable bonds is 8. The van der Waals surface area contributed by atoms with Gasteiger partial charge in [0.15, 0.2) is 0 Å². The zero-order chi connectivity index (χ0) is 32.4. The average Bonchev–Trinajstić information content (AvgIpc) is 3.03. The van der Waals surface area contributed by atoms with Crippen molar-refractivity contribution in [2.75, 3.05) is 38.5 Å². The van der Waals surface area contributed by atoms with Gasteiger partial charge in [-0.3, -0.25) is 24.6 Å². The number of hydrogen-bond acceptors (Lipinski definition) is 8. The van der Waals surface area contributed by atoms with E-state index in [9.17, 15) is 14.4 Å². The Balaban J connectivity index is 1.00. The molecular weight excluding hydrogens is 648 g/mol. The van der Waals surface area contributed by atoms with Crippen molar-refractivity contribution in [3.05, 3.63) is 85.7 Å². The van der Waals surface area contributed by atoms with Crippen LogP contribution in [-0.2, 0) is 23.2 Å². The van der Waals surface area contributed by atoms with Gasteiger partial charge in [-0.25, -0.2) is 4.68 Å². The number of imide groups is 1. The van der Waals surface area contributed by atoms with Crippen molar-refractivity contribution < 1.29 is 14.3 Å². The third-order valence-corrected chi connectivity index (χ3v) is 10.4. The third kappa shape index (κ3) is 7.53. The van der Waals surface area contributed by atoms with E-state index in [0.29, 0.717) is 23.2 Å². The Morgan fingerprint density at radius 1 is 1.02 bits per heavy atom. The number of aryl methyl sites for hydroxylation is 2. The Morgan fingerprint density at radius 2 is 1.78 bits per heavy atom. The van der Waals surface area contributed by atoms with Crippen LogP contribution in [0.5, 0.6) is 5.75 Å². The number of amides is 2. The van der Waals surface area contributed by atoms with E-state index in [1.165, 1.54) is 15.8 Å². The van der Waals surface area contributed by atoms with Gasteiger partial charge in [-0.05, 0) is 95.9 Å². The van der Waals surface area contributed by atoms with Gasteiger partial charge in [0.1, 0.15) is 16.3 Å². The molecule has 3 aliphatic heterocycles. The van der Waals surface area contributed by atoms with Gasteiger partial charge in [-0.2, -0.15) is 5.10 Å². The second-order valence-electron chi connectivity index (χ2n) is 13.2. The molecule has 0 spiro atoms. The maximum absolute atomic E-state index is 12.5. The van der Waals surface area contributed by atoms with Crippen molar-refractivity contribution in [1.82, 2.24) is 24.9 Å². The van der Waals surface area contributed by atoms with Crippen LogP contribution >= 0.6 is 15.9 Å². The van der Waals surface area contributed by atoms with E-state index in [-0.39, 0.29) is 35.4 Å². The summed E-state index contributed by atoms with van der Waals surface area (Å²) in [6, 6.07) is 15.3. The van der Waals surface area contributed by atoms with Gasteiger partial charge in [-0.1, -0.05) is 30.3 Å². The fourth-order valence-corrected chi connectivity index (χ4v) is 7.56.